The molecule has 0 aliphatic heterocycles. The van der Waals surface area contributed by atoms with Crippen LogP contribution in [0.25, 0.3) is 0 Å². The fraction of sp³-hybridized carbons (Fsp3) is 0.350. The minimum Gasteiger partial charge on any atom is -0.493 e. The van der Waals surface area contributed by atoms with E-state index < -0.39 is 16.0 Å². The summed E-state index contributed by atoms with van der Waals surface area (Å²) in [5.74, 6) is -0.0210. The third-order valence-corrected chi connectivity index (χ3v) is 5.79. The van der Waals surface area contributed by atoms with E-state index in [1.165, 1.54) is 12.1 Å². The molecule has 2 rings (SSSR count). The number of nitrogens with one attached hydrogen (secondary N) is 2. The van der Waals surface area contributed by atoms with Crippen LogP contribution in [0.5, 0.6) is 11.5 Å². The summed E-state index contributed by atoms with van der Waals surface area (Å²) >= 11 is 0. The van der Waals surface area contributed by atoms with E-state index in [-0.39, 0.29) is 30.0 Å². The summed E-state index contributed by atoms with van der Waals surface area (Å²) < 4.78 is 37.4. The van der Waals surface area contributed by atoms with E-state index >= 15 is 0 Å². The van der Waals surface area contributed by atoms with Gasteiger partial charge in [0.05, 0.1) is 24.7 Å². The average Bonchev–Trinajstić information content (AvgIpc) is 2.73. The Hall–Kier alpha value is -2.82. The first-order valence-electron chi connectivity index (χ1n) is 9.25. The number of aromatic carboxylic acids is 1. The van der Waals surface area contributed by atoms with E-state index in [2.05, 4.69) is 10.0 Å². The SMILES string of the molecule is COc1ccc(CCNc2ccc(S(=O)(=O)NCCCO)cc2C(=O)O)cc1OC. The molecule has 0 spiro atoms. The molecule has 30 heavy (non-hydrogen) atoms. The zero-order valence-electron chi connectivity index (χ0n) is 16.8. The molecule has 164 valence electrons. The minimum atomic E-state index is -3.86. The Morgan fingerprint density at radius 2 is 1.77 bits per heavy atom. The predicted molar refractivity (Wildman–Crippen MR) is 112 cm³/mol. The van der Waals surface area contributed by atoms with Gasteiger partial charge in [-0.1, -0.05) is 6.07 Å². The Bertz CT molecular complexity index is 977. The van der Waals surface area contributed by atoms with Crippen molar-refractivity contribution in [3.8, 4) is 11.5 Å². The molecule has 4 N–H and O–H groups in total. The zero-order chi connectivity index (χ0) is 22.1. The number of rotatable bonds is 12. The highest BCUT2D eigenvalue weighted by Crippen LogP contribution is 2.28. The van der Waals surface area contributed by atoms with Crippen LogP contribution in [0.4, 0.5) is 5.69 Å². The van der Waals surface area contributed by atoms with Gasteiger partial charge in [-0.05, 0) is 48.7 Å². The lowest BCUT2D eigenvalue weighted by Crippen LogP contribution is -2.25. The molecule has 0 saturated heterocycles. The molecule has 9 nitrogen and oxygen atoms in total. The van der Waals surface area contributed by atoms with Gasteiger partial charge >= 0.3 is 5.97 Å². The van der Waals surface area contributed by atoms with Crippen molar-refractivity contribution in [2.75, 3.05) is 39.2 Å². The summed E-state index contributed by atoms with van der Waals surface area (Å²) in [5, 5.41) is 21.3. The quantitative estimate of drug-likeness (QED) is 0.368. The van der Waals surface area contributed by atoms with Gasteiger partial charge in [0.2, 0.25) is 10.0 Å². The van der Waals surface area contributed by atoms with Crippen LogP contribution in [0.1, 0.15) is 22.3 Å². The predicted octanol–water partition coefficient (Wildman–Crippen LogP) is 1.72. The van der Waals surface area contributed by atoms with Crippen molar-refractivity contribution in [2.45, 2.75) is 17.7 Å². The zero-order valence-corrected chi connectivity index (χ0v) is 17.7. The van der Waals surface area contributed by atoms with Gasteiger partial charge in [-0.15, -0.1) is 0 Å². The Kier molecular flexibility index (Phi) is 8.46. The first-order valence-corrected chi connectivity index (χ1v) is 10.7. The minimum absolute atomic E-state index is 0.0621. The van der Waals surface area contributed by atoms with Crippen molar-refractivity contribution >= 4 is 21.7 Å². The highest BCUT2D eigenvalue weighted by molar-refractivity contribution is 7.89. The van der Waals surface area contributed by atoms with E-state index in [4.69, 9.17) is 14.6 Å². The summed E-state index contributed by atoms with van der Waals surface area (Å²) in [6, 6.07) is 9.40. The fourth-order valence-corrected chi connectivity index (χ4v) is 3.87. The number of anilines is 1. The molecule has 2 aromatic rings. The molecule has 0 aliphatic carbocycles. The van der Waals surface area contributed by atoms with Gasteiger partial charge in [0.15, 0.2) is 11.5 Å². The highest BCUT2D eigenvalue weighted by Gasteiger charge is 2.18. The molecule has 0 saturated carbocycles. The summed E-state index contributed by atoms with van der Waals surface area (Å²) in [7, 11) is -0.758. The van der Waals surface area contributed by atoms with E-state index in [0.29, 0.717) is 30.2 Å². The molecule has 10 heteroatoms. The van der Waals surface area contributed by atoms with Crippen molar-refractivity contribution in [1.29, 1.82) is 0 Å². The van der Waals surface area contributed by atoms with Crippen molar-refractivity contribution in [3.63, 3.8) is 0 Å². The Labute approximate surface area is 175 Å². The van der Waals surface area contributed by atoms with E-state index in [0.717, 1.165) is 11.6 Å². The number of carbonyl (C=O) groups is 1. The van der Waals surface area contributed by atoms with Crippen LogP contribution in [0.15, 0.2) is 41.3 Å². The maximum absolute atomic E-state index is 12.3. The molecule has 0 unspecified atom stereocenters. The largest absolute Gasteiger partial charge is 0.493 e. The number of ether oxygens (including phenoxy) is 2. The van der Waals surface area contributed by atoms with Crippen LogP contribution in [0.2, 0.25) is 0 Å². The molecular weight excluding hydrogens is 412 g/mol. The van der Waals surface area contributed by atoms with Crippen molar-refractivity contribution < 1.29 is 32.9 Å². The molecular formula is C20H26N2O7S. The fourth-order valence-electron chi connectivity index (χ4n) is 2.77. The maximum atomic E-state index is 12.3. The van der Waals surface area contributed by atoms with Crippen LogP contribution in [-0.4, -0.2) is 58.5 Å². The lowest BCUT2D eigenvalue weighted by molar-refractivity contribution is 0.0697. The van der Waals surface area contributed by atoms with Gasteiger partial charge in [-0.25, -0.2) is 17.9 Å². The average molecular weight is 439 g/mol. The monoisotopic (exact) mass is 438 g/mol. The van der Waals surface area contributed by atoms with Crippen molar-refractivity contribution in [1.82, 2.24) is 4.72 Å². The molecule has 0 fully saturated rings. The standard InChI is InChI=1S/C20H26N2O7S/c1-28-18-7-4-14(12-19(18)29-2)8-10-21-17-6-5-15(13-16(17)20(24)25)30(26,27)22-9-3-11-23/h4-7,12-13,21-23H,3,8-11H2,1-2H3,(H,24,25). The number of benzene rings is 2. The maximum Gasteiger partial charge on any atom is 0.337 e. The van der Waals surface area contributed by atoms with Crippen LogP contribution in [0.3, 0.4) is 0 Å². The number of carboxylic acid groups (broad SMARTS) is 1. The summed E-state index contributed by atoms with van der Waals surface area (Å²) in [6.07, 6.45) is 0.850. The topological polar surface area (TPSA) is 134 Å². The van der Waals surface area contributed by atoms with Crippen molar-refractivity contribution in [3.05, 3.63) is 47.5 Å². The third-order valence-electron chi connectivity index (χ3n) is 4.34. The molecule has 0 radical (unpaired) electrons. The lowest BCUT2D eigenvalue weighted by Gasteiger charge is -2.13. The first-order chi connectivity index (χ1) is 14.3. The smallest absolute Gasteiger partial charge is 0.337 e. The molecule has 0 amide bonds. The van der Waals surface area contributed by atoms with E-state index in [9.17, 15) is 18.3 Å². The van der Waals surface area contributed by atoms with Crippen LogP contribution in [-0.2, 0) is 16.4 Å². The van der Waals surface area contributed by atoms with Gasteiger partial charge in [0.1, 0.15) is 0 Å². The number of carboxylic acids is 1. The third kappa shape index (κ3) is 6.09. The second kappa shape index (κ2) is 10.8. The highest BCUT2D eigenvalue weighted by atomic mass is 32.2. The van der Waals surface area contributed by atoms with Crippen molar-refractivity contribution in [2.24, 2.45) is 0 Å². The van der Waals surface area contributed by atoms with Gasteiger partial charge < -0.3 is 25.0 Å². The number of aliphatic hydroxyl groups excluding tert-OH is 1. The van der Waals surface area contributed by atoms with Gasteiger partial charge in [-0.3, -0.25) is 0 Å². The van der Waals surface area contributed by atoms with Gasteiger partial charge in [0, 0.05) is 25.4 Å². The Balaban J connectivity index is 2.11. The molecule has 0 aliphatic rings. The number of aliphatic hydroxyl groups is 1. The van der Waals surface area contributed by atoms with Gasteiger partial charge in [-0.2, -0.15) is 0 Å². The normalized spacial score (nSPS) is 11.2. The molecule has 2 aromatic carbocycles. The summed E-state index contributed by atoms with van der Waals surface area (Å²) in [6.45, 7) is 0.342. The Morgan fingerprint density at radius 1 is 1.03 bits per heavy atom. The molecule has 0 heterocycles. The first kappa shape index (κ1) is 23.5. The second-order valence-electron chi connectivity index (χ2n) is 6.35. The van der Waals surface area contributed by atoms with Crippen LogP contribution >= 0.6 is 0 Å². The van der Waals surface area contributed by atoms with Crippen LogP contribution in [0, 0.1) is 0 Å². The molecule has 0 atom stereocenters. The molecule has 0 bridgehead atoms. The number of hydrogen-bond donors (Lipinski definition) is 4. The second-order valence-corrected chi connectivity index (χ2v) is 8.12. The summed E-state index contributed by atoms with van der Waals surface area (Å²) in [4.78, 5) is 11.5. The van der Waals surface area contributed by atoms with E-state index in [1.807, 2.05) is 12.1 Å². The Morgan fingerprint density at radius 3 is 2.40 bits per heavy atom. The molecule has 0 aromatic heterocycles. The summed E-state index contributed by atoms with van der Waals surface area (Å²) in [5.41, 5.74) is 1.13. The number of sulfonamides is 1. The lowest BCUT2D eigenvalue weighted by atomic mass is 10.1. The van der Waals surface area contributed by atoms with Gasteiger partial charge in [0.25, 0.3) is 0 Å². The van der Waals surface area contributed by atoms with E-state index in [1.54, 1.807) is 20.3 Å². The number of hydrogen-bond acceptors (Lipinski definition) is 7. The van der Waals surface area contributed by atoms with Crippen LogP contribution < -0.4 is 19.5 Å². The number of methoxy groups -OCH3 is 2.